The van der Waals surface area contributed by atoms with Crippen molar-refractivity contribution in [2.24, 2.45) is 0 Å². The molecule has 2 aliphatic heterocycles. The summed E-state index contributed by atoms with van der Waals surface area (Å²) in [5.74, 6) is 3.49. The first-order valence-electron chi connectivity index (χ1n) is 6.81. The highest BCUT2D eigenvalue weighted by atomic mass is 16.7. The van der Waals surface area contributed by atoms with Crippen molar-refractivity contribution in [1.29, 1.82) is 0 Å². The van der Waals surface area contributed by atoms with Gasteiger partial charge in [-0.2, -0.15) is 0 Å². The van der Waals surface area contributed by atoms with Gasteiger partial charge >= 0.3 is 7.12 Å². The van der Waals surface area contributed by atoms with E-state index in [9.17, 15) is 0 Å². The van der Waals surface area contributed by atoms with Crippen LogP contribution in [0.15, 0.2) is 24.2 Å². The molecule has 0 spiro atoms. The molecule has 3 rings (SSSR count). The van der Waals surface area contributed by atoms with Gasteiger partial charge in [0.25, 0.3) is 0 Å². The molecule has 0 bridgehead atoms. The van der Waals surface area contributed by atoms with Crippen LogP contribution in [0.3, 0.4) is 0 Å². The molecule has 1 saturated heterocycles. The largest absolute Gasteiger partial charge is 0.487 e. The van der Waals surface area contributed by atoms with Crippen molar-refractivity contribution in [2.45, 2.75) is 38.9 Å². The van der Waals surface area contributed by atoms with E-state index in [1.54, 1.807) is 0 Å². The first-order valence-corrected chi connectivity index (χ1v) is 6.81. The van der Waals surface area contributed by atoms with Crippen LogP contribution >= 0.6 is 0 Å². The maximum absolute atomic E-state index is 5.91. The summed E-state index contributed by atoms with van der Waals surface area (Å²) < 4.78 is 22.5. The molecule has 0 radical (unpaired) electrons. The third kappa shape index (κ3) is 2.32. The fraction of sp³-hybridized carbons (Fsp3) is 0.467. The number of fused-ring (bicyclic) bond motifs is 1. The Kier molecular flexibility index (Phi) is 3.07. The van der Waals surface area contributed by atoms with Crippen LogP contribution in [0, 0.1) is 0 Å². The van der Waals surface area contributed by atoms with Gasteiger partial charge in [0, 0.05) is 0 Å². The van der Waals surface area contributed by atoms with Crippen molar-refractivity contribution >= 4 is 13.2 Å². The molecule has 2 heterocycles. The van der Waals surface area contributed by atoms with E-state index in [0.717, 1.165) is 17.1 Å². The highest BCUT2D eigenvalue weighted by Crippen LogP contribution is 2.37. The Hall–Kier alpha value is -1.46. The second-order valence-electron chi connectivity index (χ2n) is 6.10. The van der Waals surface area contributed by atoms with Crippen LogP contribution in [0.5, 0.6) is 11.5 Å². The summed E-state index contributed by atoms with van der Waals surface area (Å²) in [5.41, 5.74) is 0.414. The van der Waals surface area contributed by atoms with Gasteiger partial charge in [-0.25, -0.2) is 0 Å². The van der Waals surface area contributed by atoms with Crippen LogP contribution in [0.25, 0.3) is 6.08 Å². The molecular weight excluding hydrogens is 255 g/mol. The van der Waals surface area contributed by atoms with Gasteiger partial charge in [0.15, 0.2) is 11.5 Å². The smallest absolute Gasteiger partial charge is 0.454 e. The van der Waals surface area contributed by atoms with Crippen molar-refractivity contribution in [3.8, 4) is 11.5 Å². The zero-order valence-corrected chi connectivity index (χ0v) is 12.3. The van der Waals surface area contributed by atoms with Crippen molar-refractivity contribution < 1.29 is 18.8 Å². The van der Waals surface area contributed by atoms with Crippen LogP contribution in [-0.4, -0.2) is 25.1 Å². The fourth-order valence-corrected chi connectivity index (χ4v) is 2.17. The maximum atomic E-state index is 5.91. The van der Waals surface area contributed by atoms with Crippen LogP contribution in [0.4, 0.5) is 0 Å². The van der Waals surface area contributed by atoms with Gasteiger partial charge in [-0.15, -0.1) is 0 Å². The Morgan fingerprint density at radius 1 is 1.00 bits per heavy atom. The van der Waals surface area contributed by atoms with E-state index in [1.807, 2.05) is 57.9 Å². The van der Waals surface area contributed by atoms with E-state index in [-0.39, 0.29) is 18.3 Å². The van der Waals surface area contributed by atoms with Gasteiger partial charge in [-0.1, -0.05) is 18.1 Å². The van der Waals surface area contributed by atoms with Crippen LogP contribution in [0.2, 0.25) is 0 Å². The lowest BCUT2D eigenvalue weighted by atomic mass is 9.89. The Bertz CT molecular complexity index is 535. The Balaban J connectivity index is 1.73. The predicted molar refractivity (Wildman–Crippen MR) is 77.7 cm³/mol. The molecular formula is C15H19BO4. The summed E-state index contributed by atoms with van der Waals surface area (Å²) in [5, 5.41) is 0. The average molecular weight is 274 g/mol. The molecule has 106 valence electrons. The summed E-state index contributed by atoms with van der Waals surface area (Å²) in [6.45, 7) is 8.46. The van der Waals surface area contributed by atoms with E-state index in [4.69, 9.17) is 18.8 Å². The van der Waals surface area contributed by atoms with Crippen molar-refractivity contribution in [3.63, 3.8) is 0 Å². The third-order valence-corrected chi connectivity index (χ3v) is 4.11. The van der Waals surface area contributed by atoms with Crippen LogP contribution in [-0.2, 0) is 9.31 Å². The number of benzene rings is 1. The van der Waals surface area contributed by atoms with Gasteiger partial charge in [0.05, 0.1) is 11.2 Å². The molecule has 0 amide bonds. The molecule has 0 aromatic heterocycles. The highest BCUT2D eigenvalue weighted by molar-refractivity contribution is 6.52. The molecule has 1 aromatic rings. The Morgan fingerprint density at radius 3 is 2.35 bits per heavy atom. The number of rotatable bonds is 2. The zero-order chi connectivity index (χ0) is 14.4. The van der Waals surface area contributed by atoms with Crippen LogP contribution < -0.4 is 9.47 Å². The Morgan fingerprint density at radius 2 is 1.65 bits per heavy atom. The standard InChI is InChI=1S/C15H19BO4/c1-14(2)15(3,4)20-16(19-14)8-7-11-5-6-12-13(9-11)18-10-17-12/h5-9H,10H2,1-4H3. The minimum atomic E-state index is -0.328. The summed E-state index contributed by atoms with van der Waals surface area (Å²) in [4.78, 5) is 0. The second kappa shape index (κ2) is 4.53. The van der Waals surface area contributed by atoms with Gasteiger partial charge in [-0.3, -0.25) is 0 Å². The van der Waals surface area contributed by atoms with Gasteiger partial charge in [0.1, 0.15) is 0 Å². The van der Waals surface area contributed by atoms with E-state index in [0.29, 0.717) is 6.79 Å². The quantitative estimate of drug-likeness (QED) is 0.777. The SMILES string of the molecule is CC1(C)OB(C=Cc2ccc3c(c2)OCO3)OC1(C)C. The zero-order valence-electron chi connectivity index (χ0n) is 12.3. The van der Waals surface area contributed by atoms with E-state index in [2.05, 4.69) is 0 Å². The maximum Gasteiger partial charge on any atom is 0.487 e. The van der Waals surface area contributed by atoms with E-state index in [1.165, 1.54) is 0 Å². The normalized spacial score (nSPS) is 22.7. The molecule has 1 aromatic carbocycles. The third-order valence-electron chi connectivity index (χ3n) is 4.11. The van der Waals surface area contributed by atoms with E-state index < -0.39 is 0 Å². The number of ether oxygens (including phenoxy) is 2. The number of hydrogen-bond donors (Lipinski definition) is 0. The molecule has 20 heavy (non-hydrogen) atoms. The molecule has 0 unspecified atom stereocenters. The lowest BCUT2D eigenvalue weighted by Crippen LogP contribution is -2.41. The Labute approximate surface area is 119 Å². The molecule has 0 atom stereocenters. The van der Waals surface area contributed by atoms with Crippen molar-refractivity contribution in [3.05, 3.63) is 29.7 Å². The summed E-state index contributed by atoms with van der Waals surface area (Å²) in [7, 11) is -0.328. The molecule has 0 N–H and O–H groups in total. The van der Waals surface area contributed by atoms with Gasteiger partial charge in [-0.05, 0) is 45.4 Å². The molecule has 5 heteroatoms. The highest BCUT2D eigenvalue weighted by Gasteiger charge is 2.49. The summed E-state index contributed by atoms with van der Waals surface area (Å²) in [6.07, 6.45) is 1.98. The lowest BCUT2D eigenvalue weighted by Gasteiger charge is -2.32. The van der Waals surface area contributed by atoms with Crippen LogP contribution in [0.1, 0.15) is 33.3 Å². The molecule has 0 aliphatic carbocycles. The average Bonchev–Trinajstić information content (AvgIpc) is 2.89. The molecule has 4 nitrogen and oxygen atoms in total. The minimum absolute atomic E-state index is 0.291. The fourth-order valence-electron chi connectivity index (χ4n) is 2.17. The van der Waals surface area contributed by atoms with Gasteiger partial charge in [0.2, 0.25) is 6.79 Å². The monoisotopic (exact) mass is 274 g/mol. The topological polar surface area (TPSA) is 36.9 Å². The lowest BCUT2D eigenvalue weighted by molar-refractivity contribution is 0.00578. The van der Waals surface area contributed by atoms with Crippen molar-refractivity contribution in [1.82, 2.24) is 0 Å². The molecule has 1 fully saturated rings. The summed E-state index contributed by atoms with van der Waals surface area (Å²) in [6, 6.07) is 5.84. The molecule has 0 saturated carbocycles. The van der Waals surface area contributed by atoms with Gasteiger partial charge < -0.3 is 18.8 Å². The van der Waals surface area contributed by atoms with E-state index >= 15 is 0 Å². The van der Waals surface area contributed by atoms with Crippen molar-refractivity contribution in [2.75, 3.05) is 6.79 Å². The molecule has 2 aliphatic rings. The summed E-state index contributed by atoms with van der Waals surface area (Å²) >= 11 is 0. The second-order valence-corrected chi connectivity index (χ2v) is 6.10. The predicted octanol–water partition coefficient (Wildman–Crippen LogP) is 3.06. The first-order chi connectivity index (χ1) is 9.37. The number of hydrogen-bond acceptors (Lipinski definition) is 4. The minimum Gasteiger partial charge on any atom is -0.454 e. The first kappa shape index (κ1) is 13.5.